The Bertz CT molecular complexity index is 514. The van der Waals surface area contributed by atoms with Gasteiger partial charge in [-0.3, -0.25) is 0 Å². The standard InChI is InChI=1S/C12H7Br2ClS/c13-9-3-1-2-4-11(9)16-12-7-8(15)5-6-10(12)14/h1-7H. The molecule has 0 saturated heterocycles. The highest BCUT2D eigenvalue weighted by molar-refractivity contribution is 9.11. The van der Waals surface area contributed by atoms with E-state index in [1.54, 1.807) is 11.8 Å². The summed E-state index contributed by atoms with van der Waals surface area (Å²) in [5.41, 5.74) is 0. The predicted octanol–water partition coefficient (Wildman–Crippen LogP) is 6.02. The first kappa shape index (κ1) is 12.5. The third kappa shape index (κ3) is 3.04. The van der Waals surface area contributed by atoms with Crippen LogP contribution in [0.4, 0.5) is 0 Å². The van der Waals surface area contributed by atoms with Crippen LogP contribution in [0.3, 0.4) is 0 Å². The maximum atomic E-state index is 5.98. The van der Waals surface area contributed by atoms with E-state index in [2.05, 4.69) is 37.9 Å². The molecular weight excluding hydrogens is 371 g/mol. The van der Waals surface area contributed by atoms with Gasteiger partial charge in [0, 0.05) is 23.8 Å². The Morgan fingerprint density at radius 1 is 0.875 bits per heavy atom. The van der Waals surface area contributed by atoms with E-state index < -0.39 is 0 Å². The summed E-state index contributed by atoms with van der Waals surface area (Å²) in [7, 11) is 0. The van der Waals surface area contributed by atoms with Crippen LogP contribution in [0.1, 0.15) is 0 Å². The van der Waals surface area contributed by atoms with Crippen molar-refractivity contribution in [2.75, 3.05) is 0 Å². The molecule has 0 bridgehead atoms. The minimum Gasteiger partial charge on any atom is -0.0877 e. The molecule has 0 atom stereocenters. The van der Waals surface area contributed by atoms with Gasteiger partial charge >= 0.3 is 0 Å². The Morgan fingerprint density at radius 3 is 2.31 bits per heavy atom. The molecule has 0 amide bonds. The second-order valence-corrected chi connectivity index (χ2v) is 6.34. The van der Waals surface area contributed by atoms with Crippen LogP contribution in [-0.4, -0.2) is 0 Å². The average molecular weight is 379 g/mol. The summed E-state index contributed by atoms with van der Waals surface area (Å²) < 4.78 is 2.14. The molecule has 0 spiro atoms. The topological polar surface area (TPSA) is 0 Å². The number of benzene rings is 2. The predicted molar refractivity (Wildman–Crippen MR) is 77.4 cm³/mol. The van der Waals surface area contributed by atoms with Crippen LogP contribution < -0.4 is 0 Å². The molecule has 0 heterocycles. The van der Waals surface area contributed by atoms with Gasteiger partial charge in [0.1, 0.15) is 0 Å². The molecule has 0 unspecified atom stereocenters. The zero-order chi connectivity index (χ0) is 11.5. The Morgan fingerprint density at radius 2 is 1.56 bits per heavy atom. The van der Waals surface area contributed by atoms with E-state index in [9.17, 15) is 0 Å². The first-order chi connectivity index (χ1) is 7.66. The van der Waals surface area contributed by atoms with Crippen molar-refractivity contribution >= 4 is 55.2 Å². The Hall–Kier alpha value is 0.0400. The van der Waals surface area contributed by atoms with Crippen LogP contribution in [0.2, 0.25) is 5.02 Å². The summed E-state index contributed by atoms with van der Waals surface area (Å²) >= 11 is 14.7. The Labute approximate surface area is 121 Å². The number of hydrogen-bond acceptors (Lipinski definition) is 1. The molecule has 0 radical (unpaired) electrons. The first-order valence-corrected chi connectivity index (χ1v) is 7.32. The molecule has 16 heavy (non-hydrogen) atoms. The Balaban J connectivity index is 2.34. The first-order valence-electron chi connectivity index (χ1n) is 4.54. The summed E-state index contributed by atoms with van der Waals surface area (Å²) in [4.78, 5) is 2.28. The van der Waals surface area contributed by atoms with Gasteiger partial charge in [0.05, 0.1) is 0 Å². The number of rotatable bonds is 2. The highest BCUT2D eigenvalue weighted by atomic mass is 79.9. The second kappa shape index (κ2) is 5.58. The molecule has 0 aliphatic rings. The van der Waals surface area contributed by atoms with E-state index in [1.807, 2.05) is 36.4 Å². The monoisotopic (exact) mass is 376 g/mol. The lowest BCUT2D eigenvalue weighted by atomic mass is 10.4. The van der Waals surface area contributed by atoms with Crippen LogP contribution >= 0.6 is 55.2 Å². The van der Waals surface area contributed by atoms with E-state index in [0.29, 0.717) is 0 Å². The fourth-order valence-electron chi connectivity index (χ4n) is 1.20. The summed E-state index contributed by atoms with van der Waals surface area (Å²) in [5.74, 6) is 0. The Kier molecular flexibility index (Phi) is 4.36. The summed E-state index contributed by atoms with van der Waals surface area (Å²) in [6.45, 7) is 0. The lowest BCUT2D eigenvalue weighted by Gasteiger charge is -2.06. The van der Waals surface area contributed by atoms with Crippen molar-refractivity contribution in [3.05, 3.63) is 56.4 Å². The molecule has 0 aliphatic carbocycles. The summed E-state index contributed by atoms with van der Waals surface area (Å²) in [6, 6.07) is 13.9. The molecule has 2 aromatic carbocycles. The third-order valence-corrected chi connectivity index (χ3v) is 5.23. The smallest absolute Gasteiger partial charge is 0.0418 e. The summed E-state index contributed by atoms with van der Waals surface area (Å²) in [5, 5.41) is 0.748. The van der Waals surface area contributed by atoms with Crippen molar-refractivity contribution in [1.82, 2.24) is 0 Å². The normalized spacial score (nSPS) is 10.4. The van der Waals surface area contributed by atoms with Gasteiger partial charge in [-0.15, -0.1) is 0 Å². The van der Waals surface area contributed by atoms with E-state index in [-0.39, 0.29) is 0 Å². The van der Waals surface area contributed by atoms with E-state index in [1.165, 1.54) is 4.90 Å². The fourth-order valence-corrected chi connectivity index (χ4v) is 3.36. The van der Waals surface area contributed by atoms with Gasteiger partial charge in [-0.2, -0.15) is 0 Å². The maximum Gasteiger partial charge on any atom is 0.0418 e. The fraction of sp³-hybridized carbons (Fsp3) is 0. The quantitative estimate of drug-likeness (QED) is 0.616. The highest BCUT2D eigenvalue weighted by Crippen LogP contribution is 2.38. The minimum atomic E-state index is 0.748. The van der Waals surface area contributed by atoms with Gasteiger partial charge in [-0.25, -0.2) is 0 Å². The molecular formula is C12H7Br2ClS. The van der Waals surface area contributed by atoms with Crippen molar-refractivity contribution in [2.24, 2.45) is 0 Å². The van der Waals surface area contributed by atoms with Crippen LogP contribution in [0.5, 0.6) is 0 Å². The van der Waals surface area contributed by atoms with Gasteiger partial charge in [-0.05, 0) is 62.2 Å². The van der Waals surface area contributed by atoms with Crippen molar-refractivity contribution in [3.63, 3.8) is 0 Å². The maximum absolute atomic E-state index is 5.98. The molecule has 0 saturated carbocycles. The highest BCUT2D eigenvalue weighted by Gasteiger charge is 2.05. The van der Waals surface area contributed by atoms with Crippen molar-refractivity contribution in [3.8, 4) is 0 Å². The van der Waals surface area contributed by atoms with E-state index in [4.69, 9.17) is 11.6 Å². The van der Waals surface area contributed by atoms with E-state index >= 15 is 0 Å². The van der Waals surface area contributed by atoms with Gasteiger partial charge < -0.3 is 0 Å². The number of halogens is 3. The molecule has 2 aromatic rings. The molecule has 0 nitrogen and oxygen atoms in total. The molecule has 2 rings (SSSR count). The summed E-state index contributed by atoms with van der Waals surface area (Å²) in [6.07, 6.45) is 0. The van der Waals surface area contributed by atoms with Gasteiger partial charge in [0.2, 0.25) is 0 Å². The van der Waals surface area contributed by atoms with Crippen molar-refractivity contribution in [2.45, 2.75) is 9.79 Å². The zero-order valence-corrected chi connectivity index (χ0v) is 12.8. The van der Waals surface area contributed by atoms with Gasteiger partial charge in [-0.1, -0.05) is 35.5 Å². The van der Waals surface area contributed by atoms with Crippen LogP contribution in [0.15, 0.2) is 61.2 Å². The average Bonchev–Trinajstić information content (AvgIpc) is 2.27. The van der Waals surface area contributed by atoms with Crippen molar-refractivity contribution in [1.29, 1.82) is 0 Å². The zero-order valence-electron chi connectivity index (χ0n) is 8.08. The second-order valence-electron chi connectivity index (χ2n) is 3.11. The van der Waals surface area contributed by atoms with Gasteiger partial charge in [0.15, 0.2) is 0 Å². The minimum absolute atomic E-state index is 0.748. The van der Waals surface area contributed by atoms with Crippen molar-refractivity contribution < 1.29 is 0 Å². The van der Waals surface area contributed by atoms with Gasteiger partial charge in [0.25, 0.3) is 0 Å². The van der Waals surface area contributed by atoms with E-state index in [0.717, 1.165) is 18.9 Å². The molecule has 0 aromatic heterocycles. The molecule has 0 fully saturated rings. The largest absolute Gasteiger partial charge is 0.0877 e. The molecule has 0 N–H and O–H groups in total. The van der Waals surface area contributed by atoms with Crippen LogP contribution in [0, 0.1) is 0 Å². The molecule has 0 aliphatic heterocycles. The lowest BCUT2D eigenvalue weighted by Crippen LogP contribution is -1.78. The van der Waals surface area contributed by atoms with Crippen LogP contribution in [0.25, 0.3) is 0 Å². The molecule has 4 heteroatoms. The third-order valence-electron chi connectivity index (χ3n) is 1.95. The van der Waals surface area contributed by atoms with Crippen LogP contribution in [-0.2, 0) is 0 Å². The molecule has 82 valence electrons. The number of hydrogen-bond donors (Lipinski definition) is 0. The SMILES string of the molecule is Clc1ccc(Br)c(Sc2ccccc2Br)c1. The lowest BCUT2D eigenvalue weighted by molar-refractivity contribution is 1.35.